The van der Waals surface area contributed by atoms with Crippen molar-refractivity contribution in [2.24, 2.45) is 0 Å². The van der Waals surface area contributed by atoms with Crippen LogP contribution in [0.3, 0.4) is 0 Å². The molecule has 0 aliphatic heterocycles. The molecule has 1 N–H and O–H groups in total. The molecule has 6 nitrogen and oxygen atoms in total. The lowest BCUT2D eigenvalue weighted by atomic mass is 10.0. The number of rotatable bonds is 5. The summed E-state index contributed by atoms with van der Waals surface area (Å²) < 4.78 is 33.5. The monoisotopic (exact) mass is 447 g/mol. The van der Waals surface area contributed by atoms with E-state index >= 15 is 0 Å². The largest absolute Gasteiger partial charge is 0.497 e. The maximum Gasteiger partial charge on any atom is 0.256 e. The summed E-state index contributed by atoms with van der Waals surface area (Å²) in [5.41, 5.74) is 1.08. The van der Waals surface area contributed by atoms with E-state index < -0.39 is 23.0 Å². The van der Waals surface area contributed by atoms with Gasteiger partial charge in [-0.25, -0.2) is 13.5 Å². The van der Waals surface area contributed by atoms with Crippen LogP contribution < -0.4 is 15.5 Å². The summed E-state index contributed by atoms with van der Waals surface area (Å²) in [7, 11) is 1.50. The van der Waals surface area contributed by atoms with Crippen molar-refractivity contribution in [1.29, 1.82) is 0 Å². The second kappa shape index (κ2) is 9.04. The average molecular weight is 447 g/mol. The Morgan fingerprint density at radius 1 is 0.970 bits per heavy atom. The van der Waals surface area contributed by atoms with Gasteiger partial charge in [0.05, 0.1) is 18.4 Å². The van der Waals surface area contributed by atoms with E-state index in [1.165, 1.54) is 60.3 Å². The van der Waals surface area contributed by atoms with Crippen LogP contribution in [0.2, 0.25) is 0 Å². The maximum absolute atomic E-state index is 13.5. The molecule has 0 saturated heterocycles. The third kappa shape index (κ3) is 4.50. The van der Waals surface area contributed by atoms with Crippen LogP contribution in [0.15, 0.2) is 77.6 Å². The van der Waals surface area contributed by atoms with Gasteiger partial charge in [-0.15, -0.1) is 0 Å². The first kappa shape index (κ1) is 21.9. The molecule has 0 radical (unpaired) electrons. The molecule has 4 rings (SSSR count). The standard InChI is InChI=1S/C25H19F2N3O3/c1-15-23(31)22(17-4-3-5-21(14-17)33-2)24(28-25(32)16-6-8-18(26)9-7-16)30(29-15)20-12-10-19(27)11-13-20/h3-14H,1-2H3,(H,28,32). The molecule has 0 bridgehead atoms. The van der Waals surface area contributed by atoms with Crippen molar-refractivity contribution >= 4 is 11.7 Å². The Morgan fingerprint density at radius 3 is 2.24 bits per heavy atom. The van der Waals surface area contributed by atoms with Crippen LogP contribution in [-0.4, -0.2) is 22.8 Å². The minimum absolute atomic E-state index is 0.0831. The first-order valence-electron chi connectivity index (χ1n) is 9.98. The lowest BCUT2D eigenvalue weighted by Crippen LogP contribution is -2.25. The van der Waals surface area contributed by atoms with Crippen molar-refractivity contribution in [2.45, 2.75) is 6.92 Å². The molecular weight excluding hydrogens is 428 g/mol. The van der Waals surface area contributed by atoms with Gasteiger partial charge in [0.2, 0.25) is 5.43 Å². The molecule has 0 aliphatic rings. The Bertz CT molecular complexity index is 1380. The minimum atomic E-state index is -0.569. The Hall–Kier alpha value is -4.33. The molecule has 0 aliphatic carbocycles. The molecule has 0 atom stereocenters. The van der Waals surface area contributed by atoms with Gasteiger partial charge in [-0.3, -0.25) is 9.59 Å². The van der Waals surface area contributed by atoms with E-state index in [4.69, 9.17) is 4.74 Å². The Kier molecular flexibility index (Phi) is 5.99. The quantitative estimate of drug-likeness (QED) is 0.479. The number of nitrogens with one attached hydrogen (secondary N) is 1. The number of carbonyl (C=O) groups excluding carboxylic acids is 1. The first-order valence-corrected chi connectivity index (χ1v) is 9.98. The molecular formula is C25H19F2N3O3. The molecule has 8 heteroatoms. The third-order valence-corrected chi connectivity index (χ3v) is 5.02. The number of hydrogen-bond donors (Lipinski definition) is 1. The molecule has 1 amide bonds. The number of carbonyl (C=O) groups is 1. The Morgan fingerprint density at radius 2 is 1.61 bits per heavy atom. The summed E-state index contributed by atoms with van der Waals surface area (Å²) in [6, 6.07) is 17.3. The second-order valence-corrected chi connectivity index (χ2v) is 7.22. The van der Waals surface area contributed by atoms with Crippen molar-refractivity contribution in [3.8, 4) is 22.6 Å². The van der Waals surface area contributed by atoms with E-state index in [-0.39, 0.29) is 22.6 Å². The van der Waals surface area contributed by atoms with Crippen LogP contribution in [0, 0.1) is 18.6 Å². The number of hydrogen-bond acceptors (Lipinski definition) is 4. The molecule has 0 saturated carbocycles. The zero-order valence-electron chi connectivity index (χ0n) is 17.8. The maximum atomic E-state index is 13.5. The topological polar surface area (TPSA) is 73.2 Å². The summed E-state index contributed by atoms with van der Waals surface area (Å²) in [6.45, 7) is 1.55. The van der Waals surface area contributed by atoms with Crippen LogP contribution in [-0.2, 0) is 0 Å². The smallest absolute Gasteiger partial charge is 0.256 e. The molecule has 33 heavy (non-hydrogen) atoms. The van der Waals surface area contributed by atoms with Gasteiger partial charge in [-0.05, 0) is 73.2 Å². The number of aryl methyl sites for hydroxylation is 1. The fraction of sp³-hybridized carbons (Fsp3) is 0.0800. The Balaban J connectivity index is 1.96. The number of benzene rings is 3. The summed E-state index contributed by atoms with van der Waals surface area (Å²) >= 11 is 0. The number of ether oxygens (including phenoxy) is 1. The first-order chi connectivity index (χ1) is 15.9. The predicted molar refractivity (Wildman–Crippen MR) is 121 cm³/mol. The van der Waals surface area contributed by atoms with Crippen molar-refractivity contribution < 1.29 is 18.3 Å². The zero-order chi connectivity index (χ0) is 23.5. The molecule has 0 unspecified atom stereocenters. The summed E-state index contributed by atoms with van der Waals surface area (Å²) in [4.78, 5) is 26.2. The highest BCUT2D eigenvalue weighted by Crippen LogP contribution is 2.30. The van der Waals surface area contributed by atoms with E-state index in [1.54, 1.807) is 31.2 Å². The summed E-state index contributed by atoms with van der Waals surface area (Å²) in [6.07, 6.45) is 0. The number of methoxy groups -OCH3 is 1. The van der Waals surface area contributed by atoms with E-state index in [1.807, 2.05) is 0 Å². The van der Waals surface area contributed by atoms with Gasteiger partial charge < -0.3 is 10.1 Å². The molecule has 4 aromatic rings. The summed E-state index contributed by atoms with van der Waals surface area (Å²) in [5.74, 6) is -0.893. The van der Waals surface area contributed by atoms with Gasteiger partial charge in [-0.2, -0.15) is 5.10 Å². The van der Waals surface area contributed by atoms with Gasteiger partial charge in [0, 0.05) is 5.56 Å². The highest BCUT2D eigenvalue weighted by Gasteiger charge is 2.21. The molecule has 0 spiro atoms. The van der Waals surface area contributed by atoms with E-state index in [0.29, 0.717) is 17.0 Å². The van der Waals surface area contributed by atoms with Crippen molar-refractivity contribution in [3.05, 3.63) is 106 Å². The lowest BCUT2D eigenvalue weighted by molar-refractivity contribution is 0.102. The normalized spacial score (nSPS) is 10.7. The van der Waals surface area contributed by atoms with E-state index in [9.17, 15) is 18.4 Å². The summed E-state index contributed by atoms with van der Waals surface area (Å²) in [5, 5.41) is 7.07. The van der Waals surface area contributed by atoms with Gasteiger partial charge in [0.1, 0.15) is 28.9 Å². The fourth-order valence-corrected chi connectivity index (χ4v) is 3.35. The number of halogens is 2. The van der Waals surface area contributed by atoms with E-state index in [0.717, 1.165) is 0 Å². The van der Waals surface area contributed by atoms with Crippen LogP contribution in [0.1, 0.15) is 16.1 Å². The minimum Gasteiger partial charge on any atom is -0.497 e. The molecule has 3 aromatic carbocycles. The second-order valence-electron chi connectivity index (χ2n) is 7.22. The van der Waals surface area contributed by atoms with Crippen LogP contribution in [0.25, 0.3) is 16.8 Å². The predicted octanol–water partition coefficient (Wildman–Crippen LogP) is 4.75. The van der Waals surface area contributed by atoms with E-state index in [2.05, 4.69) is 10.4 Å². The van der Waals surface area contributed by atoms with Gasteiger partial charge in [-0.1, -0.05) is 12.1 Å². The third-order valence-electron chi connectivity index (χ3n) is 5.02. The molecule has 1 aromatic heterocycles. The fourth-order valence-electron chi connectivity index (χ4n) is 3.35. The number of amides is 1. The van der Waals surface area contributed by atoms with Crippen LogP contribution in [0.4, 0.5) is 14.6 Å². The average Bonchev–Trinajstić information content (AvgIpc) is 2.82. The van der Waals surface area contributed by atoms with Crippen molar-refractivity contribution in [1.82, 2.24) is 9.78 Å². The van der Waals surface area contributed by atoms with Gasteiger partial charge in [0.15, 0.2) is 0 Å². The zero-order valence-corrected chi connectivity index (χ0v) is 17.8. The molecule has 1 heterocycles. The van der Waals surface area contributed by atoms with Crippen LogP contribution in [0.5, 0.6) is 5.75 Å². The van der Waals surface area contributed by atoms with Gasteiger partial charge in [0.25, 0.3) is 5.91 Å². The number of anilines is 1. The lowest BCUT2D eigenvalue weighted by Gasteiger charge is -2.18. The molecule has 166 valence electrons. The number of nitrogens with zero attached hydrogens (tertiary/aromatic N) is 2. The molecule has 0 fully saturated rings. The highest BCUT2D eigenvalue weighted by atomic mass is 19.1. The van der Waals surface area contributed by atoms with Crippen molar-refractivity contribution in [2.75, 3.05) is 12.4 Å². The highest BCUT2D eigenvalue weighted by molar-refractivity contribution is 6.05. The van der Waals surface area contributed by atoms with Crippen LogP contribution >= 0.6 is 0 Å². The Labute approximate surface area is 188 Å². The van der Waals surface area contributed by atoms with Crippen molar-refractivity contribution in [3.63, 3.8) is 0 Å². The SMILES string of the molecule is COc1cccc(-c2c(NC(=O)c3ccc(F)cc3)n(-c3ccc(F)cc3)nc(C)c2=O)c1. The van der Waals surface area contributed by atoms with Gasteiger partial charge >= 0.3 is 0 Å². The number of aromatic nitrogens is 2.